The topological polar surface area (TPSA) is 36.1 Å². The van der Waals surface area contributed by atoms with E-state index < -0.39 is 47.7 Å². The molecule has 1 atom stereocenters. The van der Waals surface area contributed by atoms with Crippen molar-refractivity contribution in [1.82, 2.24) is 9.88 Å². The molecule has 1 N–H and O–H groups in total. The molecule has 0 saturated heterocycles. The third kappa shape index (κ3) is 6.15. The Balaban J connectivity index is 1.84. The zero-order valence-electron chi connectivity index (χ0n) is 17.3. The van der Waals surface area contributed by atoms with Crippen LogP contribution in [0.25, 0.3) is 0 Å². The lowest BCUT2D eigenvalue weighted by Crippen LogP contribution is -2.28. The highest BCUT2D eigenvalue weighted by atomic mass is 19.4. The van der Waals surface area contributed by atoms with Gasteiger partial charge in [0, 0.05) is 38.3 Å². The molecule has 1 aromatic heterocycles. The first kappa shape index (κ1) is 24.3. The fourth-order valence-electron chi connectivity index (χ4n) is 3.48. The maximum Gasteiger partial charge on any atom is 0.416 e. The number of hydrogen-bond acceptors (Lipinski definition) is 1. The molecule has 1 heterocycles. The van der Waals surface area contributed by atoms with Crippen LogP contribution in [-0.2, 0) is 23.7 Å². The summed E-state index contributed by atoms with van der Waals surface area (Å²) >= 11 is 0. The molecule has 0 bridgehead atoms. The summed E-state index contributed by atoms with van der Waals surface area (Å²) in [4.78, 5) is 16.8. The molecule has 33 heavy (non-hydrogen) atoms. The van der Waals surface area contributed by atoms with Crippen LogP contribution in [0.15, 0.2) is 60.9 Å². The summed E-state index contributed by atoms with van der Waals surface area (Å²) < 4.78 is 91.9. The maximum absolute atomic E-state index is 13.3. The average molecular weight is 472 g/mol. The van der Waals surface area contributed by atoms with E-state index in [9.17, 15) is 35.5 Å². The molecule has 176 valence electrons. The first-order valence-electron chi connectivity index (χ1n) is 9.75. The monoisotopic (exact) mass is 472 g/mol. The molecule has 0 aliphatic heterocycles. The van der Waals surface area contributed by atoms with E-state index in [1.54, 1.807) is 18.5 Å². The number of H-pyrrole nitrogens is 1. The Morgan fingerprint density at radius 3 is 1.97 bits per heavy atom. The van der Waals surface area contributed by atoms with Gasteiger partial charge < -0.3 is 9.88 Å². The number of rotatable bonds is 6. The minimum atomic E-state index is -4.97. The number of carbonyl (C=O) groups excluding carboxylic acids is 1. The number of hydrogen-bond donors (Lipinski definition) is 1. The number of carbonyl (C=O) groups is 1. The Hall–Kier alpha value is -3.30. The zero-order chi connectivity index (χ0) is 24.4. The Morgan fingerprint density at radius 2 is 1.48 bits per heavy atom. The summed E-state index contributed by atoms with van der Waals surface area (Å²) in [5.74, 6) is -1.45. The SMILES string of the molecule is CN(Cc1cc(C(F)(F)F)cc(C(F)(F)F)c1)C(=O)CC(c1ccc(F)cc1)c1cc[nH]c1. The van der Waals surface area contributed by atoms with Gasteiger partial charge in [-0.25, -0.2) is 4.39 Å². The lowest BCUT2D eigenvalue weighted by molar-refractivity contribution is -0.143. The predicted octanol–water partition coefficient (Wildman–Crippen LogP) is 6.37. The van der Waals surface area contributed by atoms with Crippen LogP contribution in [0.3, 0.4) is 0 Å². The van der Waals surface area contributed by atoms with Crippen molar-refractivity contribution in [3.05, 3.63) is 94.6 Å². The molecule has 0 aliphatic carbocycles. The van der Waals surface area contributed by atoms with Crippen LogP contribution in [0.5, 0.6) is 0 Å². The summed E-state index contributed by atoms with van der Waals surface area (Å²) in [6, 6.07) is 8.48. The van der Waals surface area contributed by atoms with Gasteiger partial charge in [0.15, 0.2) is 0 Å². The second kappa shape index (κ2) is 9.29. The second-order valence-corrected chi connectivity index (χ2v) is 7.62. The van der Waals surface area contributed by atoms with Crippen molar-refractivity contribution in [2.45, 2.75) is 31.2 Å². The summed E-state index contributed by atoms with van der Waals surface area (Å²) in [5, 5.41) is 0. The highest BCUT2D eigenvalue weighted by molar-refractivity contribution is 5.77. The zero-order valence-corrected chi connectivity index (χ0v) is 17.3. The number of nitrogens with zero attached hydrogens (tertiary/aromatic N) is 1. The van der Waals surface area contributed by atoms with E-state index >= 15 is 0 Å². The van der Waals surface area contributed by atoms with Crippen LogP contribution >= 0.6 is 0 Å². The van der Waals surface area contributed by atoms with Crippen LogP contribution in [-0.4, -0.2) is 22.8 Å². The van der Waals surface area contributed by atoms with E-state index in [1.807, 2.05) is 0 Å². The fourth-order valence-corrected chi connectivity index (χ4v) is 3.48. The number of alkyl halides is 6. The Bertz CT molecular complexity index is 1060. The first-order chi connectivity index (χ1) is 15.3. The van der Waals surface area contributed by atoms with Gasteiger partial charge in [0.05, 0.1) is 11.1 Å². The lowest BCUT2D eigenvalue weighted by atomic mass is 9.89. The van der Waals surface area contributed by atoms with Crippen LogP contribution < -0.4 is 0 Å². The van der Waals surface area contributed by atoms with Gasteiger partial charge in [0.25, 0.3) is 0 Å². The van der Waals surface area contributed by atoms with Crippen molar-refractivity contribution in [3.63, 3.8) is 0 Å². The maximum atomic E-state index is 13.3. The third-order valence-corrected chi connectivity index (χ3v) is 5.17. The normalized spacial score (nSPS) is 13.1. The van der Waals surface area contributed by atoms with E-state index in [2.05, 4.69) is 4.98 Å². The van der Waals surface area contributed by atoms with Gasteiger partial charge in [0.1, 0.15) is 5.82 Å². The van der Waals surface area contributed by atoms with Gasteiger partial charge >= 0.3 is 12.4 Å². The molecular weight excluding hydrogens is 453 g/mol. The average Bonchev–Trinajstić information content (AvgIpc) is 3.25. The molecule has 0 saturated carbocycles. The van der Waals surface area contributed by atoms with Gasteiger partial charge in [-0.3, -0.25) is 4.79 Å². The molecule has 1 unspecified atom stereocenters. The molecule has 3 rings (SSSR count). The Labute approximate surface area is 184 Å². The molecule has 0 fully saturated rings. The minimum Gasteiger partial charge on any atom is -0.367 e. The van der Waals surface area contributed by atoms with E-state index in [0.29, 0.717) is 17.7 Å². The molecule has 3 aromatic rings. The highest BCUT2D eigenvalue weighted by Gasteiger charge is 2.37. The van der Waals surface area contributed by atoms with E-state index in [0.717, 1.165) is 10.5 Å². The molecule has 2 aromatic carbocycles. The van der Waals surface area contributed by atoms with E-state index in [1.165, 1.54) is 31.3 Å². The molecule has 0 radical (unpaired) electrons. The molecular formula is C23H19F7N2O. The van der Waals surface area contributed by atoms with Crippen LogP contribution in [0, 0.1) is 5.82 Å². The highest BCUT2D eigenvalue weighted by Crippen LogP contribution is 2.36. The predicted molar refractivity (Wildman–Crippen MR) is 107 cm³/mol. The largest absolute Gasteiger partial charge is 0.416 e. The van der Waals surface area contributed by atoms with Crippen molar-refractivity contribution in [2.75, 3.05) is 7.05 Å². The quantitative estimate of drug-likeness (QED) is 0.416. The summed E-state index contributed by atoms with van der Waals surface area (Å²) in [6.45, 7) is -0.449. The number of amides is 1. The smallest absolute Gasteiger partial charge is 0.367 e. The third-order valence-electron chi connectivity index (χ3n) is 5.17. The second-order valence-electron chi connectivity index (χ2n) is 7.62. The van der Waals surface area contributed by atoms with Gasteiger partial charge in [0.2, 0.25) is 5.91 Å². The lowest BCUT2D eigenvalue weighted by Gasteiger charge is -2.23. The van der Waals surface area contributed by atoms with Crippen LogP contribution in [0.1, 0.15) is 40.2 Å². The molecule has 3 nitrogen and oxygen atoms in total. The number of aromatic amines is 1. The molecule has 1 amide bonds. The Morgan fingerprint density at radius 1 is 0.909 bits per heavy atom. The van der Waals surface area contributed by atoms with Crippen molar-refractivity contribution < 1.29 is 35.5 Å². The van der Waals surface area contributed by atoms with Gasteiger partial charge in [-0.1, -0.05) is 12.1 Å². The van der Waals surface area contributed by atoms with Crippen molar-refractivity contribution >= 4 is 5.91 Å². The van der Waals surface area contributed by atoms with E-state index in [-0.39, 0.29) is 18.1 Å². The van der Waals surface area contributed by atoms with Gasteiger partial charge in [-0.2, -0.15) is 26.3 Å². The molecule has 0 aliphatic rings. The van der Waals surface area contributed by atoms with Crippen molar-refractivity contribution in [3.8, 4) is 0 Å². The number of nitrogens with one attached hydrogen (secondary N) is 1. The molecule has 10 heteroatoms. The fraction of sp³-hybridized carbons (Fsp3) is 0.261. The first-order valence-corrected chi connectivity index (χ1v) is 9.75. The van der Waals surface area contributed by atoms with Gasteiger partial charge in [-0.05, 0) is 53.1 Å². The van der Waals surface area contributed by atoms with Crippen molar-refractivity contribution in [1.29, 1.82) is 0 Å². The van der Waals surface area contributed by atoms with Gasteiger partial charge in [-0.15, -0.1) is 0 Å². The summed E-state index contributed by atoms with van der Waals surface area (Å²) in [6.07, 6.45) is -6.77. The van der Waals surface area contributed by atoms with Crippen LogP contribution in [0.2, 0.25) is 0 Å². The Kier molecular flexibility index (Phi) is 6.85. The summed E-state index contributed by atoms with van der Waals surface area (Å²) in [7, 11) is 1.30. The molecule has 0 spiro atoms. The number of halogens is 7. The van der Waals surface area contributed by atoms with Crippen molar-refractivity contribution in [2.24, 2.45) is 0 Å². The standard InChI is InChI=1S/C23H19F7N2O/c1-32(13-14-8-17(22(25,26)27)10-18(9-14)23(28,29)30)21(33)11-20(16-6-7-31-12-16)15-2-4-19(24)5-3-15/h2-10,12,20,31H,11,13H2,1H3. The minimum absolute atomic E-state index is 0.0434. The van der Waals surface area contributed by atoms with Crippen LogP contribution in [0.4, 0.5) is 30.7 Å². The number of aromatic nitrogens is 1. The van der Waals surface area contributed by atoms with E-state index in [4.69, 9.17) is 0 Å². The summed E-state index contributed by atoms with van der Waals surface area (Å²) in [5.41, 5.74) is -1.82. The number of benzene rings is 2.